The Hall–Kier alpha value is -4.06. The molecule has 0 aliphatic heterocycles. The number of nitrogens with zero attached hydrogens (tertiary/aromatic N) is 1. The van der Waals surface area contributed by atoms with Gasteiger partial charge in [0, 0.05) is 17.6 Å². The maximum absolute atomic E-state index is 13.1. The maximum Gasteiger partial charge on any atom is 0.252 e. The van der Waals surface area contributed by atoms with Crippen molar-refractivity contribution in [3.05, 3.63) is 89.5 Å². The van der Waals surface area contributed by atoms with Gasteiger partial charge in [0.15, 0.2) is 11.5 Å². The fourth-order valence-electron chi connectivity index (χ4n) is 3.73. The van der Waals surface area contributed by atoms with Crippen LogP contribution in [0.4, 0.5) is 11.5 Å². The van der Waals surface area contributed by atoms with Crippen molar-refractivity contribution in [3.63, 3.8) is 0 Å². The third kappa shape index (κ3) is 5.06. The van der Waals surface area contributed by atoms with Crippen LogP contribution in [0, 0.1) is 6.92 Å². The Bertz CT molecular complexity index is 1290. The molecule has 0 bridgehead atoms. The van der Waals surface area contributed by atoms with Gasteiger partial charge in [0.1, 0.15) is 5.82 Å². The van der Waals surface area contributed by atoms with Gasteiger partial charge in [-0.2, -0.15) is 0 Å². The van der Waals surface area contributed by atoms with Crippen molar-refractivity contribution in [1.82, 2.24) is 10.3 Å². The standard InChI is InChI=1S/C27H27N3O3/c1-18-8-4-6-10-22(18)29-26-17-21(20-9-5-7-11-23(20)30-26)27(31)28-15-14-19-12-13-24(32-2)25(16-19)33-3/h4-13,16-17H,14-15H2,1-3H3,(H,28,31)(H,29,30). The van der Waals surface area contributed by atoms with Gasteiger partial charge in [-0.1, -0.05) is 42.5 Å². The molecule has 0 unspecified atom stereocenters. The number of pyridine rings is 1. The zero-order valence-corrected chi connectivity index (χ0v) is 19.0. The molecular formula is C27H27N3O3. The largest absolute Gasteiger partial charge is 0.493 e. The summed E-state index contributed by atoms with van der Waals surface area (Å²) in [6.07, 6.45) is 0.670. The van der Waals surface area contributed by atoms with Crippen LogP contribution in [0.3, 0.4) is 0 Å². The number of carbonyl (C=O) groups is 1. The SMILES string of the molecule is COc1ccc(CCNC(=O)c2cc(Nc3ccccc3C)nc3ccccc23)cc1OC. The minimum atomic E-state index is -0.137. The molecule has 4 rings (SSSR count). The molecular weight excluding hydrogens is 414 g/mol. The maximum atomic E-state index is 13.1. The highest BCUT2D eigenvalue weighted by Gasteiger charge is 2.14. The number of rotatable bonds is 8. The van der Waals surface area contributed by atoms with E-state index in [2.05, 4.69) is 10.6 Å². The average molecular weight is 442 g/mol. The molecule has 0 aliphatic rings. The number of carbonyl (C=O) groups excluding carboxylic acids is 1. The minimum absolute atomic E-state index is 0.137. The average Bonchev–Trinajstić information content (AvgIpc) is 2.84. The molecule has 6 heteroatoms. The van der Waals surface area contributed by atoms with E-state index in [0.29, 0.717) is 35.8 Å². The minimum Gasteiger partial charge on any atom is -0.493 e. The van der Waals surface area contributed by atoms with Crippen molar-refractivity contribution in [1.29, 1.82) is 0 Å². The smallest absolute Gasteiger partial charge is 0.252 e. The summed E-state index contributed by atoms with van der Waals surface area (Å²) in [4.78, 5) is 17.8. The summed E-state index contributed by atoms with van der Waals surface area (Å²) in [5.41, 5.74) is 4.47. The van der Waals surface area contributed by atoms with Gasteiger partial charge in [-0.3, -0.25) is 4.79 Å². The highest BCUT2D eigenvalue weighted by Crippen LogP contribution is 2.28. The van der Waals surface area contributed by atoms with Gasteiger partial charge in [-0.05, 0) is 54.8 Å². The monoisotopic (exact) mass is 441 g/mol. The van der Waals surface area contributed by atoms with Gasteiger partial charge in [-0.15, -0.1) is 0 Å². The van der Waals surface area contributed by atoms with E-state index in [4.69, 9.17) is 14.5 Å². The first-order chi connectivity index (χ1) is 16.1. The number of ether oxygens (including phenoxy) is 2. The first-order valence-corrected chi connectivity index (χ1v) is 10.8. The number of aryl methyl sites for hydroxylation is 1. The molecule has 0 radical (unpaired) electrons. The number of methoxy groups -OCH3 is 2. The molecule has 3 aromatic carbocycles. The van der Waals surface area contributed by atoms with Crippen LogP contribution in [0.2, 0.25) is 0 Å². The molecule has 6 nitrogen and oxygen atoms in total. The molecule has 2 N–H and O–H groups in total. The highest BCUT2D eigenvalue weighted by molar-refractivity contribution is 6.07. The Morgan fingerprint density at radius 3 is 2.45 bits per heavy atom. The second kappa shape index (κ2) is 10.0. The molecule has 0 saturated carbocycles. The number of benzene rings is 3. The van der Waals surface area contributed by atoms with E-state index in [1.54, 1.807) is 20.3 Å². The van der Waals surface area contributed by atoms with Crippen molar-refractivity contribution in [2.45, 2.75) is 13.3 Å². The molecule has 1 amide bonds. The van der Waals surface area contributed by atoms with Crippen molar-refractivity contribution >= 4 is 28.3 Å². The predicted octanol–water partition coefficient (Wildman–Crippen LogP) is 5.28. The van der Waals surface area contributed by atoms with E-state index in [1.165, 1.54) is 0 Å². The Kier molecular flexibility index (Phi) is 6.74. The first-order valence-electron chi connectivity index (χ1n) is 10.8. The number of para-hydroxylation sites is 2. The lowest BCUT2D eigenvalue weighted by Gasteiger charge is -2.13. The summed E-state index contributed by atoms with van der Waals surface area (Å²) in [5, 5.41) is 7.21. The van der Waals surface area contributed by atoms with Crippen molar-refractivity contribution < 1.29 is 14.3 Å². The number of aromatic nitrogens is 1. The Balaban J connectivity index is 1.53. The second-order valence-corrected chi connectivity index (χ2v) is 7.71. The van der Waals surface area contributed by atoms with Crippen LogP contribution in [0.15, 0.2) is 72.8 Å². The van der Waals surface area contributed by atoms with Crippen molar-refractivity contribution in [2.75, 3.05) is 26.1 Å². The third-order valence-electron chi connectivity index (χ3n) is 5.52. The third-order valence-corrected chi connectivity index (χ3v) is 5.52. The molecule has 168 valence electrons. The number of fused-ring (bicyclic) bond motifs is 1. The van der Waals surface area contributed by atoms with E-state index in [-0.39, 0.29) is 5.91 Å². The van der Waals surface area contributed by atoms with E-state index in [1.807, 2.05) is 73.7 Å². The van der Waals surface area contributed by atoms with Crippen LogP contribution in [0.5, 0.6) is 11.5 Å². The van der Waals surface area contributed by atoms with Crippen LogP contribution in [0.1, 0.15) is 21.5 Å². The Labute approximate surface area is 193 Å². The zero-order valence-electron chi connectivity index (χ0n) is 19.0. The predicted molar refractivity (Wildman–Crippen MR) is 132 cm³/mol. The lowest BCUT2D eigenvalue weighted by Crippen LogP contribution is -2.26. The topological polar surface area (TPSA) is 72.5 Å². The van der Waals surface area contributed by atoms with Crippen LogP contribution >= 0.6 is 0 Å². The summed E-state index contributed by atoms with van der Waals surface area (Å²) < 4.78 is 10.7. The summed E-state index contributed by atoms with van der Waals surface area (Å²) in [5.74, 6) is 1.85. The summed E-state index contributed by atoms with van der Waals surface area (Å²) >= 11 is 0. The van der Waals surface area contributed by atoms with Gasteiger partial charge in [0.25, 0.3) is 5.91 Å². The summed E-state index contributed by atoms with van der Waals surface area (Å²) in [7, 11) is 3.22. The van der Waals surface area contributed by atoms with Crippen LogP contribution in [-0.4, -0.2) is 31.7 Å². The van der Waals surface area contributed by atoms with E-state index < -0.39 is 0 Å². The van der Waals surface area contributed by atoms with Gasteiger partial charge >= 0.3 is 0 Å². The van der Waals surface area contributed by atoms with Crippen LogP contribution in [0.25, 0.3) is 10.9 Å². The van der Waals surface area contributed by atoms with E-state index >= 15 is 0 Å². The number of hydrogen-bond donors (Lipinski definition) is 2. The molecule has 0 fully saturated rings. The summed E-state index contributed by atoms with van der Waals surface area (Å²) in [6, 6.07) is 23.2. The normalized spacial score (nSPS) is 10.6. The zero-order chi connectivity index (χ0) is 23.2. The first kappa shape index (κ1) is 22.1. The molecule has 4 aromatic rings. The van der Waals surface area contributed by atoms with Gasteiger partial charge < -0.3 is 20.1 Å². The molecule has 0 spiro atoms. The quantitative estimate of drug-likeness (QED) is 0.389. The Morgan fingerprint density at radius 1 is 0.909 bits per heavy atom. The number of amides is 1. The molecule has 1 aromatic heterocycles. The molecule has 0 aliphatic carbocycles. The molecule has 33 heavy (non-hydrogen) atoms. The van der Waals surface area contributed by atoms with Crippen LogP contribution < -0.4 is 20.1 Å². The van der Waals surface area contributed by atoms with Crippen LogP contribution in [-0.2, 0) is 6.42 Å². The molecule has 1 heterocycles. The van der Waals surface area contributed by atoms with Crippen molar-refractivity contribution in [3.8, 4) is 11.5 Å². The van der Waals surface area contributed by atoms with E-state index in [9.17, 15) is 4.79 Å². The highest BCUT2D eigenvalue weighted by atomic mass is 16.5. The number of nitrogens with one attached hydrogen (secondary N) is 2. The number of hydrogen-bond acceptors (Lipinski definition) is 5. The van der Waals surface area contributed by atoms with E-state index in [0.717, 1.165) is 27.7 Å². The second-order valence-electron chi connectivity index (χ2n) is 7.71. The van der Waals surface area contributed by atoms with Gasteiger partial charge in [-0.25, -0.2) is 4.98 Å². The fraction of sp³-hybridized carbons (Fsp3) is 0.185. The Morgan fingerprint density at radius 2 is 1.67 bits per heavy atom. The lowest BCUT2D eigenvalue weighted by molar-refractivity contribution is 0.0955. The molecule has 0 saturated heterocycles. The van der Waals surface area contributed by atoms with Gasteiger partial charge in [0.05, 0.1) is 25.3 Å². The van der Waals surface area contributed by atoms with Gasteiger partial charge in [0.2, 0.25) is 0 Å². The fourth-order valence-corrected chi connectivity index (χ4v) is 3.73. The summed E-state index contributed by atoms with van der Waals surface area (Å²) in [6.45, 7) is 2.52. The number of anilines is 2. The van der Waals surface area contributed by atoms with Crippen molar-refractivity contribution in [2.24, 2.45) is 0 Å². The molecule has 0 atom stereocenters. The lowest BCUT2D eigenvalue weighted by atomic mass is 10.1.